The van der Waals surface area contributed by atoms with Crippen LogP contribution in [0.1, 0.15) is 25.8 Å². The Morgan fingerprint density at radius 1 is 1.11 bits per heavy atom. The summed E-state index contributed by atoms with van der Waals surface area (Å²) in [6.45, 7) is 6.29. The Balaban J connectivity index is 2.23. The van der Waals surface area contributed by atoms with Gasteiger partial charge in [-0.2, -0.15) is 0 Å². The largest absolute Gasteiger partial charge is 0.316 e. The van der Waals surface area contributed by atoms with Crippen LogP contribution in [0.25, 0.3) is 0 Å². The molecule has 0 fully saturated rings. The number of allylic oxidation sites excluding steroid dienone is 1. The molecule has 1 rings (SSSR count). The van der Waals surface area contributed by atoms with Gasteiger partial charge in [-0.05, 0) is 49.5 Å². The van der Waals surface area contributed by atoms with Crippen molar-refractivity contribution in [3.63, 3.8) is 0 Å². The summed E-state index contributed by atoms with van der Waals surface area (Å²) in [6.07, 6.45) is 5.49. The summed E-state index contributed by atoms with van der Waals surface area (Å²) in [5.41, 5.74) is 0.666. The Labute approximate surface area is 108 Å². The Kier molecular flexibility index (Phi) is 6.58. The van der Waals surface area contributed by atoms with Crippen molar-refractivity contribution in [3.8, 4) is 0 Å². The molecule has 1 nitrogen and oxygen atoms in total. The van der Waals surface area contributed by atoms with Gasteiger partial charge in [0.25, 0.3) is 0 Å². The predicted molar refractivity (Wildman–Crippen MR) is 71.5 cm³/mol. The smallest absolute Gasteiger partial charge is 0.126 e. The number of nitrogens with one attached hydrogen (secondary N) is 1. The number of rotatable bonds is 7. The molecule has 1 aromatic rings. The van der Waals surface area contributed by atoms with Gasteiger partial charge in [-0.15, -0.1) is 0 Å². The first kappa shape index (κ1) is 14.8. The second-order valence-electron chi connectivity index (χ2n) is 4.84. The molecule has 0 aromatic heterocycles. The molecule has 3 heteroatoms. The summed E-state index contributed by atoms with van der Waals surface area (Å²) in [5.74, 6) is -0.377. The van der Waals surface area contributed by atoms with Crippen molar-refractivity contribution >= 4 is 0 Å². The second-order valence-corrected chi connectivity index (χ2v) is 4.84. The molecule has 0 saturated heterocycles. The quantitative estimate of drug-likeness (QED) is 0.577. The van der Waals surface area contributed by atoms with E-state index in [0.717, 1.165) is 25.6 Å². The monoisotopic (exact) mass is 253 g/mol. The van der Waals surface area contributed by atoms with Crippen molar-refractivity contribution in [2.75, 3.05) is 13.1 Å². The lowest BCUT2D eigenvalue weighted by molar-refractivity contribution is 0.556. The molecular formula is C15H21F2N. The fourth-order valence-corrected chi connectivity index (χ4v) is 1.64. The molecule has 100 valence electrons. The fourth-order valence-electron chi connectivity index (χ4n) is 1.64. The molecule has 0 unspecified atom stereocenters. The normalized spacial score (nSPS) is 11.6. The van der Waals surface area contributed by atoms with Crippen LogP contribution in [0.2, 0.25) is 0 Å². The molecule has 0 aliphatic rings. The standard InChI is InChI=1S/C15H21F2N/c1-12(2)11-18-7-5-3-4-6-13-8-14(16)10-15(17)9-13/h3-4,8-10,12,18H,5-7,11H2,1-2H3/b4-3+. The average molecular weight is 253 g/mol. The lowest BCUT2D eigenvalue weighted by atomic mass is 10.1. The predicted octanol–water partition coefficient (Wildman–Crippen LogP) is 3.70. The number of benzene rings is 1. The summed E-state index contributed by atoms with van der Waals surface area (Å²) in [4.78, 5) is 0. The van der Waals surface area contributed by atoms with Gasteiger partial charge >= 0.3 is 0 Å². The van der Waals surface area contributed by atoms with Crippen molar-refractivity contribution in [2.24, 2.45) is 5.92 Å². The van der Waals surface area contributed by atoms with E-state index in [2.05, 4.69) is 19.2 Å². The van der Waals surface area contributed by atoms with Crippen molar-refractivity contribution in [1.82, 2.24) is 5.32 Å². The van der Waals surface area contributed by atoms with E-state index in [9.17, 15) is 8.78 Å². The Bertz CT molecular complexity index is 366. The minimum Gasteiger partial charge on any atom is -0.316 e. The van der Waals surface area contributed by atoms with Gasteiger partial charge in [-0.3, -0.25) is 0 Å². The van der Waals surface area contributed by atoms with Crippen LogP contribution in [0.3, 0.4) is 0 Å². The van der Waals surface area contributed by atoms with Crippen LogP contribution in [0.5, 0.6) is 0 Å². The molecule has 0 radical (unpaired) electrons. The summed E-state index contributed by atoms with van der Waals surface area (Å²) in [6, 6.07) is 3.62. The van der Waals surface area contributed by atoms with Crippen LogP contribution in [0.15, 0.2) is 30.4 Å². The summed E-state index contributed by atoms with van der Waals surface area (Å²) < 4.78 is 25.8. The number of hydrogen-bond acceptors (Lipinski definition) is 1. The maximum Gasteiger partial charge on any atom is 0.126 e. The third-order valence-corrected chi connectivity index (χ3v) is 2.48. The van der Waals surface area contributed by atoms with Crippen LogP contribution < -0.4 is 5.32 Å². The Hall–Kier alpha value is -1.22. The lowest BCUT2D eigenvalue weighted by Gasteiger charge is -2.04. The maximum absolute atomic E-state index is 12.9. The van der Waals surface area contributed by atoms with Gasteiger partial charge < -0.3 is 5.32 Å². The van der Waals surface area contributed by atoms with Gasteiger partial charge in [-0.25, -0.2) is 8.78 Å². The van der Waals surface area contributed by atoms with Gasteiger partial charge in [0.2, 0.25) is 0 Å². The van der Waals surface area contributed by atoms with E-state index >= 15 is 0 Å². The highest BCUT2D eigenvalue weighted by Gasteiger charge is 1.98. The Morgan fingerprint density at radius 2 is 1.78 bits per heavy atom. The highest BCUT2D eigenvalue weighted by molar-refractivity contribution is 5.20. The topological polar surface area (TPSA) is 12.0 Å². The zero-order valence-corrected chi connectivity index (χ0v) is 11.0. The minimum atomic E-state index is -0.517. The first-order chi connectivity index (χ1) is 8.58. The maximum atomic E-state index is 12.9. The molecular weight excluding hydrogens is 232 g/mol. The van der Waals surface area contributed by atoms with E-state index in [-0.39, 0.29) is 0 Å². The molecule has 0 saturated carbocycles. The van der Waals surface area contributed by atoms with Crippen LogP contribution in [-0.4, -0.2) is 13.1 Å². The lowest BCUT2D eigenvalue weighted by Crippen LogP contribution is -2.20. The van der Waals surface area contributed by atoms with E-state index in [1.54, 1.807) is 0 Å². The van der Waals surface area contributed by atoms with Gasteiger partial charge in [0.05, 0.1) is 0 Å². The summed E-state index contributed by atoms with van der Waals surface area (Å²) >= 11 is 0. The molecule has 0 aliphatic heterocycles. The molecule has 0 aliphatic carbocycles. The molecule has 1 N–H and O–H groups in total. The van der Waals surface area contributed by atoms with Crippen molar-refractivity contribution in [3.05, 3.63) is 47.5 Å². The van der Waals surface area contributed by atoms with Gasteiger partial charge in [0, 0.05) is 6.07 Å². The van der Waals surface area contributed by atoms with Crippen molar-refractivity contribution < 1.29 is 8.78 Å². The molecule has 0 amide bonds. The zero-order chi connectivity index (χ0) is 13.4. The highest BCUT2D eigenvalue weighted by atomic mass is 19.1. The average Bonchev–Trinajstić information content (AvgIpc) is 2.26. The molecule has 1 aromatic carbocycles. The third-order valence-electron chi connectivity index (χ3n) is 2.48. The van der Waals surface area contributed by atoms with E-state index < -0.39 is 11.6 Å². The van der Waals surface area contributed by atoms with E-state index in [4.69, 9.17) is 0 Å². The molecule has 0 spiro atoms. The number of halogens is 2. The van der Waals surface area contributed by atoms with E-state index in [1.807, 2.05) is 12.2 Å². The van der Waals surface area contributed by atoms with Crippen LogP contribution >= 0.6 is 0 Å². The molecule has 0 atom stereocenters. The van der Waals surface area contributed by atoms with E-state index in [0.29, 0.717) is 17.9 Å². The fraction of sp³-hybridized carbons (Fsp3) is 0.467. The van der Waals surface area contributed by atoms with Crippen LogP contribution in [0.4, 0.5) is 8.78 Å². The first-order valence-electron chi connectivity index (χ1n) is 6.38. The molecule has 18 heavy (non-hydrogen) atoms. The van der Waals surface area contributed by atoms with Crippen LogP contribution in [-0.2, 0) is 6.42 Å². The third kappa shape index (κ3) is 6.50. The highest BCUT2D eigenvalue weighted by Crippen LogP contribution is 2.08. The van der Waals surface area contributed by atoms with Gasteiger partial charge in [-0.1, -0.05) is 26.0 Å². The summed E-state index contributed by atoms with van der Waals surface area (Å²) in [7, 11) is 0. The summed E-state index contributed by atoms with van der Waals surface area (Å²) in [5, 5.41) is 3.33. The minimum absolute atomic E-state index is 0.517. The van der Waals surface area contributed by atoms with Crippen LogP contribution in [0, 0.1) is 17.6 Å². The SMILES string of the molecule is CC(C)CNCC/C=C/Cc1cc(F)cc(F)c1. The van der Waals surface area contributed by atoms with E-state index in [1.165, 1.54) is 12.1 Å². The second kappa shape index (κ2) is 7.98. The molecule has 0 heterocycles. The molecule has 0 bridgehead atoms. The van der Waals surface area contributed by atoms with Crippen molar-refractivity contribution in [2.45, 2.75) is 26.7 Å². The van der Waals surface area contributed by atoms with Crippen molar-refractivity contribution in [1.29, 1.82) is 0 Å². The first-order valence-corrected chi connectivity index (χ1v) is 6.38. The van der Waals surface area contributed by atoms with Gasteiger partial charge in [0.1, 0.15) is 11.6 Å². The zero-order valence-electron chi connectivity index (χ0n) is 11.0. The van der Waals surface area contributed by atoms with Gasteiger partial charge in [0.15, 0.2) is 0 Å². The Morgan fingerprint density at radius 3 is 2.39 bits per heavy atom. The number of hydrogen-bond donors (Lipinski definition) is 1.